The van der Waals surface area contributed by atoms with Gasteiger partial charge in [-0.1, -0.05) is 54.7 Å². The normalized spacial score (nSPS) is 13.5. The lowest BCUT2D eigenvalue weighted by Crippen LogP contribution is -2.33. The van der Waals surface area contributed by atoms with Crippen LogP contribution in [-0.2, 0) is 14.9 Å². The van der Waals surface area contributed by atoms with Gasteiger partial charge in [-0.3, -0.25) is 14.0 Å². The maximum atomic E-state index is 12.6. The van der Waals surface area contributed by atoms with E-state index in [9.17, 15) is 9.59 Å². The number of rotatable bonds is 5. The SMILES string of the molecule is CCOC(=O)C(C)(CC)c1ccc2c(c1)sc1nc(=O)cc(-c3ccccc3)n12. The molecule has 6 heteroatoms. The van der Waals surface area contributed by atoms with Crippen LogP contribution in [0, 0.1) is 0 Å². The van der Waals surface area contributed by atoms with Crippen molar-refractivity contribution in [1.82, 2.24) is 9.38 Å². The molecule has 0 aliphatic carbocycles. The third-order valence-corrected chi connectivity index (χ3v) is 6.44. The number of carbonyl (C=O) groups is 1. The molecule has 29 heavy (non-hydrogen) atoms. The molecule has 4 rings (SSSR count). The van der Waals surface area contributed by atoms with Gasteiger partial charge in [-0.15, -0.1) is 0 Å². The second-order valence-electron chi connectivity index (χ2n) is 7.15. The van der Waals surface area contributed by atoms with E-state index in [0.717, 1.165) is 27.0 Å². The fraction of sp³-hybridized carbons (Fsp3) is 0.261. The van der Waals surface area contributed by atoms with Crippen LogP contribution in [0.5, 0.6) is 0 Å². The van der Waals surface area contributed by atoms with Gasteiger partial charge in [0.2, 0.25) is 0 Å². The largest absolute Gasteiger partial charge is 0.465 e. The van der Waals surface area contributed by atoms with Gasteiger partial charge in [-0.2, -0.15) is 4.98 Å². The maximum Gasteiger partial charge on any atom is 0.316 e. The quantitative estimate of drug-likeness (QED) is 0.446. The maximum absolute atomic E-state index is 12.6. The molecule has 148 valence electrons. The lowest BCUT2D eigenvalue weighted by atomic mass is 9.80. The molecule has 0 saturated carbocycles. The van der Waals surface area contributed by atoms with Gasteiger partial charge < -0.3 is 4.74 Å². The van der Waals surface area contributed by atoms with E-state index >= 15 is 0 Å². The van der Waals surface area contributed by atoms with E-state index in [2.05, 4.69) is 4.98 Å². The number of thiazole rings is 1. The first-order valence-electron chi connectivity index (χ1n) is 9.67. The Balaban J connectivity index is 1.95. The number of esters is 1. The third kappa shape index (κ3) is 3.23. The predicted molar refractivity (Wildman–Crippen MR) is 117 cm³/mol. The first kappa shape index (κ1) is 19.3. The highest BCUT2D eigenvalue weighted by molar-refractivity contribution is 7.23. The van der Waals surface area contributed by atoms with Crippen LogP contribution in [0.1, 0.15) is 32.8 Å². The second kappa shape index (κ2) is 7.44. The van der Waals surface area contributed by atoms with Crippen molar-refractivity contribution in [3.05, 3.63) is 70.5 Å². The zero-order valence-corrected chi connectivity index (χ0v) is 17.5. The molecular weight excluding hydrogens is 384 g/mol. The highest BCUT2D eigenvalue weighted by Crippen LogP contribution is 2.35. The highest BCUT2D eigenvalue weighted by Gasteiger charge is 2.35. The topological polar surface area (TPSA) is 60.7 Å². The summed E-state index contributed by atoms with van der Waals surface area (Å²) in [6.07, 6.45) is 0.633. The summed E-state index contributed by atoms with van der Waals surface area (Å²) in [4.78, 5) is 29.7. The molecule has 0 spiro atoms. The van der Waals surface area contributed by atoms with Gasteiger partial charge in [-0.05, 0) is 43.5 Å². The molecule has 0 amide bonds. The van der Waals surface area contributed by atoms with E-state index < -0.39 is 5.41 Å². The van der Waals surface area contributed by atoms with Crippen molar-refractivity contribution in [2.45, 2.75) is 32.6 Å². The third-order valence-electron chi connectivity index (χ3n) is 5.44. The van der Waals surface area contributed by atoms with Gasteiger partial charge in [0.05, 0.1) is 27.9 Å². The van der Waals surface area contributed by atoms with Crippen molar-refractivity contribution in [3.8, 4) is 11.3 Å². The van der Waals surface area contributed by atoms with Crippen LogP contribution >= 0.6 is 11.3 Å². The monoisotopic (exact) mass is 406 g/mol. The first-order chi connectivity index (χ1) is 14.0. The Morgan fingerprint density at radius 2 is 1.90 bits per heavy atom. The van der Waals surface area contributed by atoms with Gasteiger partial charge in [-0.25, -0.2) is 0 Å². The minimum Gasteiger partial charge on any atom is -0.465 e. The number of benzene rings is 2. The van der Waals surface area contributed by atoms with Crippen LogP contribution in [-0.4, -0.2) is 22.0 Å². The van der Waals surface area contributed by atoms with Gasteiger partial charge in [0.15, 0.2) is 4.96 Å². The number of aromatic nitrogens is 2. The lowest BCUT2D eigenvalue weighted by molar-refractivity contribution is -0.149. The smallest absolute Gasteiger partial charge is 0.316 e. The number of carbonyl (C=O) groups excluding carboxylic acids is 1. The van der Waals surface area contributed by atoms with Crippen LogP contribution in [0.25, 0.3) is 26.4 Å². The van der Waals surface area contributed by atoms with E-state index in [1.165, 1.54) is 11.3 Å². The van der Waals surface area contributed by atoms with Crippen molar-refractivity contribution in [3.63, 3.8) is 0 Å². The summed E-state index contributed by atoms with van der Waals surface area (Å²) < 4.78 is 8.30. The number of fused-ring (bicyclic) bond motifs is 3. The van der Waals surface area contributed by atoms with Gasteiger partial charge >= 0.3 is 5.97 Å². The molecule has 5 nitrogen and oxygen atoms in total. The van der Waals surface area contributed by atoms with Crippen molar-refractivity contribution in [2.24, 2.45) is 0 Å². The molecule has 0 bridgehead atoms. The van der Waals surface area contributed by atoms with Crippen molar-refractivity contribution < 1.29 is 9.53 Å². The Morgan fingerprint density at radius 1 is 1.14 bits per heavy atom. The number of hydrogen-bond acceptors (Lipinski definition) is 5. The van der Waals surface area contributed by atoms with E-state index in [1.54, 1.807) is 6.07 Å². The Bertz CT molecular complexity index is 1260. The Kier molecular flexibility index (Phi) is 4.96. The summed E-state index contributed by atoms with van der Waals surface area (Å²) in [6, 6.07) is 17.4. The lowest BCUT2D eigenvalue weighted by Gasteiger charge is -2.26. The molecule has 0 radical (unpaired) electrons. The number of nitrogens with zero attached hydrogens (tertiary/aromatic N) is 2. The molecule has 2 aromatic heterocycles. The highest BCUT2D eigenvalue weighted by atomic mass is 32.1. The average molecular weight is 407 g/mol. The molecule has 2 aromatic carbocycles. The van der Waals surface area contributed by atoms with Crippen LogP contribution in [0.4, 0.5) is 0 Å². The fourth-order valence-corrected chi connectivity index (χ4v) is 4.63. The molecule has 0 saturated heterocycles. The zero-order valence-electron chi connectivity index (χ0n) is 16.6. The molecule has 0 N–H and O–H groups in total. The summed E-state index contributed by atoms with van der Waals surface area (Å²) in [7, 11) is 0. The molecule has 0 aliphatic rings. The standard InChI is InChI=1S/C23H22N2O3S/c1-4-23(3,21(27)28-5-2)16-11-12-17-19(13-16)29-22-24-20(26)14-18(25(17)22)15-9-7-6-8-10-15/h6-14H,4-5H2,1-3H3. The van der Waals surface area contributed by atoms with E-state index in [4.69, 9.17) is 4.74 Å². The van der Waals surface area contributed by atoms with Crippen LogP contribution in [0.15, 0.2) is 59.4 Å². The molecule has 1 atom stereocenters. The van der Waals surface area contributed by atoms with E-state index in [-0.39, 0.29) is 11.5 Å². The molecule has 0 aliphatic heterocycles. The van der Waals surface area contributed by atoms with Crippen LogP contribution in [0.3, 0.4) is 0 Å². The van der Waals surface area contributed by atoms with E-state index in [1.807, 2.05) is 73.7 Å². The summed E-state index contributed by atoms with van der Waals surface area (Å²) in [5.41, 5.74) is 2.65. The summed E-state index contributed by atoms with van der Waals surface area (Å²) >= 11 is 1.45. The average Bonchev–Trinajstić information content (AvgIpc) is 3.10. The molecule has 4 aromatic rings. The molecular formula is C23H22N2O3S. The Hall–Kier alpha value is -2.99. The minimum absolute atomic E-state index is 0.222. The van der Waals surface area contributed by atoms with Crippen LogP contribution < -0.4 is 5.56 Å². The fourth-order valence-electron chi connectivity index (χ4n) is 3.56. The molecule has 0 fully saturated rings. The summed E-state index contributed by atoms with van der Waals surface area (Å²) in [5.74, 6) is -0.222. The number of ether oxygens (including phenoxy) is 1. The van der Waals surface area contributed by atoms with Crippen molar-refractivity contribution in [1.29, 1.82) is 0 Å². The van der Waals surface area contributed by atoms with Gasteiger partial charge in [0.1, 0.15) is 0 Å². The van der Waals surface area contributed by atoms with E-state index in [0.29, 0.717) is 18.0 Å². The van der Waals surface area contributed by atoms with Gasteiger partial charge in [0, 0.05) is 6.07 Å². The summed E-state index contributed by atoms with van der Waals surface area (Å²) in [6.45, 7) is 6.07. The second-order valence-corrected chi connectivity index (χ2v) is 8.16. The molecule has 2 heterocycles. The van der Waals surface area contributed by atoms with Crippen molar-refractivity contribution >= 4 is 32.5 Å². The predicted octanol–water partition coefficient (Wildman–Crippen LogP) is 4.81. The summed E-state index contributed by atoms with van der Waals surface area (Å²) in [5, 5.41) is 0. The first-order valence-corrected chi connectivity index (χ1v) is 10.5. The zero-order chi connectivity index (χ0) is 20.6. The van der Waals surface area contributed by atoms with Crippen molar-refractivity contribution in [2.75, 3.05) is 6.61 Å². The van der Waals surface area contributed by atoms with Gasteiger partial charge in [0.25, 0.3) is 5.56 Å². The minimum atomic E-state index is -0.718. The molecule has 1 unspecified atom stereocenters. The Morgan fingerprint density at radius 3 is 2.59 bits per heavy atom. The Labute approximate surface area is 172 Å². The number of hydrogen-bond donors (Lipinski definition) is 0. The van der Waals surface area contributed by atoms with Crippen LogP contribution in [0.2, 0.25) is 0 Å².